The van der Waals surface area contributed by atoms with E-state index in [0.29, 0.717) is 12.0 Å². The van der Waals surface area contributed by atoms with Crippen molar-refractivity contribution in [2.75, 3.05) is 13.2 Å². The number of rotatable bonds is 13. The first-order valence-electron chi connectivity index (χ1n) is 15.0. The van der Waals surface area contributed by atoms with E-state index in [4.69, 9.17) is 9.47 Å². The number of ether oxygens (including phenoxy) is 2. The zero-order valence-electron chi connectivity index (χ0n) is 27.2. The van der Waals surface area contributed by atoms with Crippen LogP contribution in [0.4, 0.5) is 4.79 Å². The Bertz CT molecular complexity index is 1230. The molecule has 0 aromatic heterocycles. The van der Waals surface area contributed by atoms with Gasteiger partial charge in [-0.15, -0.1) is 0 Å². The zero-order valence-corrected chi connectivity index (χ0v) is 27.2. The highest BCUT2D eigenvalue weighted by Gasteiger charge is 2.43. The van der Waals surface area contributed by atoms with Crippen LogP contribution < -0.4 is 10.6 Å². The van der Waals surface area contributed by atoms with E-state index in [0.717, 1.165) is 16.7 Å². The maximum atomic E-state index is 14.7. The molecular weight excluding hydrogens is 546 g/mol. The summed E-state index contributed by atoms with van der Waals surface area (Å²) in [4.78, 5) is 55.3. The van der Waals surface area contributed by atoms with Crippen LogP contribution in [-0.2, 0) is 30.3 Å². The lowest BCUT2D eigenvalue weighted by atomic mass is 9.90. The van der Waals surface area contributed by atoms with E-state index >= 15 is 0 Å². The monoisotopic (exact) mass is 595 g/mol. The van der Waals surface area contributed by atoms with Gasteiger partial charge in [0.25, 0.3) is 0 Å². The zero-order chi connectivity index (χ0) is 32.4. The van der Waals surface area contributed by atoms with E-state index < -0.39 is 47.1 Å². The molecule has 236 valence electrons. The molecule has 0 aliphatic rings. The molecule has 0 radical (unpaired) electrons. The molecule has 0 heterocycles. The highest BCUT2D eigenvalue weighted by atomic mass is 16.6. The molecule has 43 heavy (non-hydrogen) atoms. The molecule has 2 aromatic rings. The van der Waals surface area contributed by atoms with Gasteiger partial charge in [-0.1, -0.05) is 66.6 Å². The lowest BCUT2D eigenvalue weighted by molar-refractivity contribution is -0.149. The molecule has 9 heteroatoms. The van der Waals surface area contributed by atoms with Gasteiger partial charge in [-0.2, -0.15) is 0 Å². The van der Waals surface area contributed by atoms with Crippen LogP contribution >= 0.6 is 0 Å². The Morgan fingerprint density at radius 3 is 2.05 bits per heavy atom. The molecule has 2 unspecified atom stereocenters. The van der Waals surface area contributed by atoms with Gasteiger partial charge in [0, 0.05) is 18.5 Å². The summed E-state index contributed by atoms with van der Waals surface area (Å²) in [5.41, 5.74) is 1.78. The number of hydrogen-bond acceptors (Lipinski definition) is 6. The van der Waals surface area contributed by atoms with Gasteiger partial charge < -0.3 is 25.0 Å². The summed E-state index contributed by atoms with van der Waals surface area (Å²) < 4.78 is 10.5. The molecule has 2 N–H and O–H groups in total. The molecule has 3 amide bonds. The van der Waals surface area contributed by atoms with Crippen LogP contribution in [0, 0.1) is 13.8 Å². The largest absolute Gasteiger partial charge is 0.466 e. The standard InChI is InChI=1S/C34H49N3O6/c1-10-34(8,9)37(31(40)27(22-25-15-13-12-14-16-25)36-32(41)43-33(5,6)7)29(26-20-23(3)19-24(4)21-26)30(39)35-18-17-28(38)42-11-2/h12-16,19-21,27,29H,10-11,17-18,22H2,1-9H3,(H,35,39)(H,36,41). The fourth-order valence-electron chi connectivity index (χ4n) is 4.82. The Hall–Kier alpha value is -3.88. The lowest BCUT2D eigenvalue weighted by Gasteiger charge is -2.44. The van der Waals surface area contributed by atoms with Gasteiger partial charge in [-0.25, -0.2) is 4.79 Å². The smallest absolute Gasteiger partial charge is 0.408 e. The van der Waals surface area contributed by atoms with Crippen molar-refractivity contribution in [3.8, 4) is 0 Å². The molecule has 2 rings (SSSR count). The second-order valence-corrected chi connectivity index (χ2v) is 12.4. The van der Waals surface area contributed by atoms with E-state index in [1.807, 2.05) is 83.1 Å². The Morgan fingerprint density at radius 1 is 0.907 bits per heavy atom. The molecular formula is C34H49N3O6. The molecule has 0 fully saturated rings. The first-order valence-corrected chi connectivity index (χ1v) is 15.0. The van der Waals surface area contributed by atoms with Gasteiger partial charge in [0.1, 0.15) is 17.7 Å². The minimum absolute atomic E-state index is 0.00109. The Labute approximate surface area is 256 Å². The lowest BCUT2D eigenvalue weighted by Crippen LogP contribution is -2.60. The number of carbonyl (C=O) groups excluding carboxylic acids is 4. The fourth-order valence-corrected chi connectivity index (χ4v) is 4.82. The van der Waals surface area contributed by atoms with E-state index in [-0.39, 0.29) is 26.0 Å². The average Bonchev–Trinajstić information content (AvgIpc) is 2.89. The summed E-state index contributed by atoms with van der Waals surface area (Å²) in [5.74, 6) is -1.27. The topological polar surface area (TPSA) is 114 Å². The predicted octanol–water partition coefficient (Wildman–Crippen LogP) is 5.57. The summed E-state index contributed by atoms with van der Waals surface area (Å²) in [6, 6.07) is 13.1. The molecule has 0 aliphatic heterocycles. The van der Waals surface area contributed by atoms with Crippen molar-refractivity contribution >= 4 is 23.9 Å². The van der Waals surface area contributed by atoms with E-state index in [2.05, 4.69) is 10.6 Å². The van der Waals surface area contributed by atoms with Crippen LogP contribution in [0.2, 0.25) is 0 Å². The highest BCUT2D eigenvalue weighted by Crippen LogP contribution is 2.33. The van der Waals surface area contributed by atoms with Crippen LogP contribution in [0.25, 0.3) is 0 Å². The van der Waals surface area contributed by atoms with E-state index in [1.54, 1.807) is 32.6 Å². The number of amides is 3. The van der Waals surface area contributed by atoms with Crippen molar-refractivity contribution in [1.82, 2.24) is 15.5 Å². The molecule has 2 aromatic carbocycles. The van der Waals surface area contributed by atoms with Crippen molar-refractivity contribution in [2.24, 2.45) is 0 Å². The van der Waals surface area contributed by atoms with Gasteiger partial charge in [0.15, 0.2) is 0 Å². The maximum Gasteiger partial charge on any atom is 0.408 e. The van der Waals surface area contributed by atoms with E-state index in [1.165, 1.54) is 0 Å². The van der Waals surface area contributed by atoms with Crippen LogP contribution in [0.1, 0.15) is 89.6 Å². The SMILES string of the molecule is CCOC(=O)CCNC(=O)C(c1cc(C)cc(C)c1)N(C(=O)C(Cc1ccccc1)NC(=O)OC(C)(C)C)C(C)(C)CC. The number of alkyl carbamates (subject to hydrolysis) is 1. The van der Waals surface area contributed by atoms with Crippen molar-refractivity contribution in [3.63, 3.8) is 0 Å². The average molecular weight is 596 g/mol. The molecule has 0 aliphatic carbocycles. The molecule has 0 bridgehead atoms. The summed E-state index contributed by atoms with van der Waals surface area (Å²) in [6.45, 7) is 16.9. The van der Waals surface area contributed by atoms with Gasteiger partial charge >= 0.3 is 12.1 Å². The third-order valence-corrected chi connectivity index (χ3v) is 7.03. The van der Waals surface area contributed by atoms with Crippen molar-refractivity contribution in [2.45, 2.75) is 105 Å². The fraction of sp³-hybridized carbons (Fsp3) is 0.529. The van der Waals surface area contributed by atoms with Crippen molar-refractivity contribution in [1.29, 1.82) is 0 Å². The number of nitrogens with one attached hydrogen (secondary N) is 2. The quantitative estimate of drug-likeness (QED) is 0.293. The maximum absolute atomic E-state index is 14.7. The minimum Gasteiger partial charge on any atom is -0.466 e. The number of esters is 1. The van der Waals surface area contributed by atoms with Gasteiger partial charge in [0.2, 0.25) is 11.8 Å². The van der Waals surface area contributed by atoms with Gasteiger partial charge in [0.05, 0.1) is 13.0 Å². The van der Waals surface area contributed by atoms with Gasteiger partial charge in [-0.05, 0) is 72.9 Å². The van der Waals surface area contributed by atoms with Crippen LogP contribution in [0.3, 0.4) is 0 Å². The Kier molecular flexibility index (Phi) is 12.8. The number of benzene rings is 2. The molecule has 2 atom stereocenters. The molecule has 0 saturated carbocycles. The number of nitrogens with zero attached hydrogens (tertiary/aromatic N) is 1. The summed E-state index contributed by atoms with van der Waals surface area (Å²) in [6.07, 6.45) is -0.000991. The van der Waals surface area contributed by atoms with Crippen LogP contribution in [0.5, 0.6) is 0 Å². The van der Waals surface area contributed by atoms with Crippen LogP contribution in [0.15, 0.2) is 48.5 Å². The summed E-state index contributed by atoms with van der Waals surface area (Å²) in [5, 5.41) is 5.65. The van der Waals surface area contributed by atoms with Crippen molar-refractivity contribution in [3.05, 3.63) is 70.8 Å². The number of hydrogen-bond donors (Lipinski definition) is 2. The Morgan fingerprint density at radius 2 is 1.51 bits per heavy atom. The summed E-state index contributed by atoms with van der Waals surface area (Å²) in [7, 11) is 0. The van der Waals surface area contributed by atoms with Crippen molar-refractivity contribution < 1.29 is 28.7 Å². The third kappa shape index (κ3) is 11.0. The summed E-state index contributed by atoms with van der Waals surface area (Å²) >= 11 is 0. The molecule has 9 nitrogen and oxygen atoms in total. The highest BCUT2D eigenvalue weighted by molar-refractivity contribution is 5.93. The van der Waals surface area contributed by atoms with Gasteiger partial charge in [-0.3, -0.25) is 14.4 Å². The second kappa shape index (κ2) is 15.5. The normalized spacial score (nSPS) is 13.0. The second-order valence-electron chi connectivity index (χ2n) is 12.4. The molecule has 0 spiro atoms. The Balaban J connectivity index is 2.63. The first kappa shape index (κ1) is 35.3. The minimum atomic E-state index is -1.04. The molecule has 0 saturated heterocycles. The van der Waals surface area contributed by atoms with E-state index in [9.17, 15) is 19.2 Å². The third-order valence-electron chi connectivity index (χ3n) is 7.03. The number of aryl methyl sites for hydroxylation is 2. The predicted molar refractivity (Wildman–Crippen MR) is 167 cm³/mol. The first-order chi connectivity index (χ1) is 20.1. The van der Waals surface area contributed by atoms with Crippen LogP contribution in [-0.4, -0.2) is 59.1 Å². The number of carbonyl (C=O) groups is 4.